The topological polar surface area (TPSA) is 87.1 Å². The Hall–Kier alpha value is -2.44. The van der Waals surface area contributed by atoms with Gasteiger partial charge >= 0.3 is 0 Å². The zero-order valence-corrected chi connectivity index (χ0v) is 20.1. The predicted molar refractivity (Wildman–Crippen MR) is 126 cm³/mol. The van der Waals surface area contributed by atoms with Crippen molar-refractivity contribution in [3.8, 4) is 5.75 Å². The highest BCUT2D eigenvalue weighted by Gasteiger charge is 2.55. The second-order valence-electron chi connectivity index (χ2n) is 9.81. The standard InChI is InChI=1S/C27H35NO5/c1-5-6-17(11-18-9-15(2)25(30)16(3)10-18)7-8-22-23-19(13-29)12-20-24(21(23)14-33-22)27(32)28(4)26(20)31/h9-11,20-22,24,29-30H,5-8,12-14H2,1-4H3/b17-11+/t20-,21+,22-,24-/m1/s1. The minimum absolute atomic E-state index is 0.0934. The molecule has 4 atom stereocenters. The van der Waals surface area contributed by atoms with Gasteiger partial charge in [-0.2, -0.15) is 0 Å². The number of carbonyl (C=O) groups is 2. The van der Waals surface area contributed by atoms with Crippen molar-refractivity contribution in [1.82, 2.24) is 4.90 Å². The summed E-state index contributed by atoms with van der Waals surface area (Å²) < 4.78 is 6.18. The van der Waals surface area contributed by atoms with Crippen LogP contribution in [0.2, 0.25) is 0 Å². The molecule has 6 heteroatoms. The molecule has 2 saturated heterocycles. The molecule has 33 heavy (non-hydrogen) atoms. The summed E-state index contributed by atoms with van der Waals surface area (Å²) in [7, 11) is 1.56. The molecule has 0 unspecified atom stereocenters. The van der Waals surface area contributed by atoms with E-state index in [9.17, 15) is 19.8 Å². The van der Waals surface area contributed by atoms with E-state index in [2.05, 4.69) is 13.0 Å². The second kappa shape index (κ2) is 9.43. The molecule has 2 amide bonds. The van der Waals surface area contributed by atoms with Gasteiger partial charge in [-0.15, -0.1) is 0 Å². The molecule has 2 fully saturated rings. The first-order valence-electron chi connectivity index (χ1n) is 12.0. The van der Waals surface area contributed by atoms with E-state index in [-0.39, 0.29) is 42.3 Å². The molecule has 2 N–H and O–H groups in total. The Morgan fingerprint density at radius 1 is 1.15 bits per heavy atom. The lowest BCUT2D eigenvalue weighted by Gasteiger charge is -2.31. The number of hydrogen-bond acceptors (Lipinski definition) is 5. The average molecular weight is 454 g/mol. The van der Waals surface area contributed by atoms with Gasteiger partial charge in [0.1, 0.15) is 5.75 Å². The summed E-state index contributed by atoms with van der Waals surface area (Å²) in [5, 5.41) is 20.1. The van der Waals surface area contributed by atoms with Crippen LogP contribution in [0.1, 0.15) is 55.7 Å². The van der Waals surface area contributed by atoms with E-state index in [4.69, 9.17) is 4.74 Å². The first kappa shape index (κ1) is 23.7. The molecule has 0 bridgehead atoms. The number of fused-ring (bicyclic) bond motifs is 3. The number of ether oxygens (including phenoxy) is 1. The summed E-state index contributed by atoms with van der Waals surface area (Å²) >= 11 is 0. The number of hydrogen-bond donors (Lipinski definition) is 2. The van der Waals surface area contributed by atoms with Crippen LogP contribution >= 0.6 is 0 Å². The quantitative estimate of drug-likeness (QED) is 0.483. The third-order valence-corrected chi connectivity index (χ3v) is 7.60. The highest BCUT2D eigenvalue weighted by atomic mass is 16.5. The number of aryl methyl sites for hydroxylation is 2. The lowest BCUT2D eigenvalue weighted by Crippen LogP contribution is -2.34. The van der Waals surface area contributed by atoms with Crippen LogP contribution in [0.5, 0.6) is 5.75 Å². The Bertz CT molecular complexity index is 1000. The van der Waals surface area contributed by atoms with Crippen molar-refractivity contribution >= 4 is 17.9 Å². The van der Waals surface area contributed by atoms with E-state index in [1.165, 1.54) is 10.5 Å². The van der Waals surface area contributed by atoms with Gasteiger partial charge in [-0.05, 0) is 79.5 Å². The van der Waals surface area contributed by atoms with E-state index in [1.54, 1.807) is 7.05 Å². The molecule has 1 aromatic rings. The number of nitrogens with zero attached hydrogens (tertiary/aromatic N) is 1. The maximum atomic E-state index is 12.8. The van der Waals surface area contributed by atoms with E-state index in [0.717, 1.165) is 53.5 Å². The fourth-order valence-electron chi connectivity index (χ4n) is 5.99. The lowest BCUT2D eigenvalue weighted by atomic mass is 9.69. The average Bonchev–Trinajstić information content (AvgIpc) is 3.30. The fourth-order valence-corrected chi connectivity index (χ4v) is 5.99. The largest absolute Gasteiger partial charge is 0.507 e. The van der Waals surface area contributed by atoms with Crippen molar-refractivity contribution in [3.63, 3.8) is 0 Å². The molecule has 0 spiro atoms. The van der Waals surface area contributed by atoms with Crippen LogP contribution in [-0.4, -0.2) is 53.3 Å². The fraction of sp³-hybridized carbons (Fsp3) is 0.556. The number of rotatable bonds is 7. The Balaban J connectivity index is 1.55. The van der Waals surface area contributed by atoms with Gasteiger partial charge in [0.15, 0.2) is 0 Å². The van der Waals surface area contributed by atoms with Crippen molar-refractivity contribution in [2.24, 2.45) is 17.8 Å². The van der Waals surface area contributed by atoms with Gasteiger partial charge in [0, 0.05) is 13.0 Å². The Morgan fingerprint density at radius 2 is 1.85 bits per heavy atom. The van der Waals surface area contributed by atoms with Gasteiger partial charge in [-0.25, -0.2) is 0 Å². The zero-order valence-electron chi connectivity index (χ0n) is 20.1. The van der Waals surface area contributed by atoms with Gasteiger partial charge in [0.2, 0.25) is 11.8 Å². The van der Waals surface area contributed by atoms with Crippen molar-refractivity contribution < 1.29 is 24.5 Å². The van der Waals surface area contributed by atoms with Crippen LogP contribution in [0.3, 0.4) is 0 Å². The van der Waals surface area contributed by atoms with Crippen LogP contribution in [0, 0.1) is 31.6 Å². The number of aliphatic hydroxyl groups excluding tert-OH is 1. The molecular formula is C27H35NO5. The number of carbonyl (C=O) groups excluding carboxylic acids is 2. The molecule has 178 valence electrons. The van der Waals surface area contributed by atoms with Crippen LogP contribution < -0.4 is 0 Å². The summed E-state index contributed by atoms with van der Waals surface area (Å²) in [5.41, 5.74) is 6.09. The van der Waals surface area contributed by atoms with Crippen molar-refractivity contribution in [3.05, 3.63) is 45.5 Å². The molecule has 6 nitrogen and oxygen atoms in total. The van der Waals surface area contributed by atoms with Crippen molar-refractivity contribution in [2.75, 3.05) is 20.3 Å². The molecule has 1 aliphatic carbocycles. The van der Waals surface area contributed by atoms with Crippen LogP contribution in [-0.2, 0) is 14.3 Å². The normalized spacial score (nSPS) is 27.4. The molecule has 2 heterocycles. The van der Waals surface area contributed by atoms with Gasteiger partial charge in [-0.1, -0.05) is 25.0 Å². The highest BCUT2D eigenvalue weighted by molar-refractivity contribution is 6.05. The number of aromatic hydroxyl groups is 1. The summed E-state index contributed by atoms with van der Waals surface area (Å²) in [5.74, 6) is -0.731. The first-order chi connectivity index (χ1) is 15.8. The maximum Gasteiger partial charge on any atom is 0.233 e. The number of benzene rings is 1. The van der Waals surface area contributed by atoms with Crippen LogP contribution in [0.4, 0.5) is 0 Å². The van der Waals surface area contributed by atoms with Crippen molar-refractivity contribution in [2.45, 2.75) is 59.0 Å². The van der Waals surface area contributed by atoms with E-state index in [1.807, 2.05) is 26.0 Å². The van der Waals surface area contributed by atoms with Crippen LogP contribution in [0.15, 0.2) is 28.9 Å². The molecule has 0 aromatic heterocycles. The van der Waals surface area contributed by atoms with Gasteiger partial charge in [0.05, 0.1) is 31.2 Å². The summed E-state index contributed by atoms with van der Waals surface area (Å²) in [4.78, 5) is 26.6. The van der Waals surface area contributed by atoms with E-state index in [0.29, 0.717) is 18.8 Å². The number of allylic oxidation sites excluding steroid dienone is 1. The van der Waals surface area contributed by atoms with Crippen LogP contribution in [0.25, 0.3) is 6.08 Å². The molecular weight excluding hydrogens is 418 g/mol. The number of imide groups is 1. The zero-order chi connectivity index (χ0) is 23.9. The number of phenolic OH excluding ortho intramolecular Hbond substituents is 1. The number of amides is 2. The SMILES string of the molecule is CCC/C(=C\c1cc(C)c(O)c(C)c1)CC[C@H]1OC[C@H]2C1=C(CO)C[C@H]1C(=O)N(C)C(=O)[C@H]12. The number of likely N-dealkylation sites (tertiary alicyclic amines) is 1. The predicted octanol–water partition coefficient (Wildman–Crippen LogP) is 3.91. The Kier molecular flexibility index (Phi) is 6.78. The van der Waals surface area contributed by atoms with Gasteiger partial charge in [0.25, 0.3) is 0 Å². The Morgan fingerprint density at radius 3 is 2.48 bits per heavy atom. The highest BCUT2D eigenvalue weighted by Crippen LogP contribution is 2.49. The van der Waals surface area contributed by atoms with E-state index >= 15 is 0 Å². The van der Waals surface area contributed by atoms with E-state index < -0.39 is 0 Å². The summed E-state index contributed by atoms with van der Waals surface area (Å²) in [6.45, 7) is 6.33. The molecule has 1 aromatic carbocycles. The number of phenols is 1. The smallest absolute Gasteiger partial charge is 0.233 e. The monoisotopic (exact) mass is 453 g/mol. The third kappa shape index (κ3) is 4.26. The molecule has 4 rings (SSSR count). The summed E-state index contributed by atoms with van der Waals surface area (Å²) in [6.07, 6.45) is 6.18. The van der Waals surface area contributed by atoms with Crippen molar-refractivity contribution in [1.29, 1.82) is 0 Å². The minimum atomic E-state index is -0.364. The molecule has 2 aliphatic heterocycles. The third-order valence-electron chi connectivity index (χ3n) is 7.60. The maximum absolute atomic E-state index is 12.8. The second-order valence-corrected chi connectivity index (χ2v) is 9.81. The van der Waals surface area contributed by atoms with Gasteiger partial charge < -0.3 is 14.9 Å². The molecule has 0 radical (unpaired) electrons. The number of aliphatic hydroxyl groups is 1. The molecule has 3 aliphatic rings. The van der Waals surface area contributed by atoms with Gasteiger partial charge in [-0.3, -0.25) is 14.5 Å². The first-order valence-corrected chi connectivity index (χ1v) is 12.0. The molecule has 0 saturated carbocycles. The summed E-state index contributed by atoms with van der Waals surface area (Å²) in [6, 6.07) is 4.01. The lowest BCUT2D eigenvalue weighted by molar-refractivity contribution is -0.138. The Labute approximate surface area is 195 Å². The minimum Gasteiger partial charge on any atom is -0.507 e.